The topological polar surface area (TPSA) is 32.5 Å². The van der Waals surface area contributed by atoms with E-state index in [0.717, 1.165) is 19.6 Å². The molecule has 84 valence electrons. The van der Waals surface area contributed by atoms with E-state index in [9.17, 15) is 0 Å². The molecule has 2 atom stereocenters. The lowest BCUT2D eigenvalue weighted by Crippen LogP contribution is -2.54. The summed E-state index contributed by atoms with van der Waals surface area (Å²) in [6, 6.07) is 2.72. The molecule has 1 aliphatic rings. The maximum atomic E-state index is 6.31. The predicted molar refractivity (Wildman–Crippen MR) is 65.2 cm³/mol. The van der Waals surface area contributed by atoms with Crippen molar-refractivity contribution in [3.63, 3.8) is 0 Å². The molecular formula is C11H19N3S. The molecule has 1 aromatic heterocycles. The second-order valence-corrected chi connectivity index (χ2v) is 5.17. The van der Waals surface area contributed by atoms with E-state index >= 15 is 0 Å². The van der Waals surface area contributed by atoms with E-state index in [1.807, 2.05) is 0 Å². The zero-order valence-corrected chi connectivity index (χ0v) is 10.2. The molecule has 4 heteroatoms. The summed E-state index contributed by atoms with van der Waals surface area (Å²) in [5.41, 5.74) is 7.58. The van der Waals surface area contributed by atoms with Crippen molar-refractivity contribution in [3.8, 4) is 0 Å². The van der Waals surface area contributed by atoms with Gasteiger partial charge in [-0.15, -0.1) is 0 Å². The van der Waals surface area contributed by atoms with Crippen molar-refractivity contribution < 1.29 is 0 Å². The molecule has 2 unspecified atom stereocenters. The summed E-state index contributed by atoms with van der Waals surface area (Å²) < 4.78 is 0. The first-order valence-electron chi connectivity index (χ1n) is 5.35. The van der Waals surface area contributed by atoms with Crippen LogP contribution in [0.4, 0.5) is 0 Å². The summed E-state index contributed by atoms with van der Waals surface area (Å²) >= 11 is 1.72. The second kappa shape index (κ2) is 4.61. The average molecular weight is 225 g/mol. The van der Waals surface area contributed by atoms with Crippen molar-refractivity contribution in [3.05, 3.63) is 22.4 Å². The van der Waals surface area contributed by atoms with Crippen LogP contribution in [-0.2, 0) is 0 Å². The third-order valence-electron chi connectivity index (χ3n) is 3.24. The molecule has 0 aromatic carbocycles. The van der Waals surface area contributed by atoms with Crippen molar-refractivity contribution in [2.45, 2.75) is 12.1 Å². The lowest BCUT2D eigenvalue weighted by Gasteiger charge is -2.40. The molecule has 3 nitrogen and oxygen atoms in total. The van der Waals surface area contributed by atoms with Crippen LogP contribution in [0, 0.1) is 0 Å². The molecule has 0 bridgehead atoms. The Kier molecular flexibility index (Phi) is 3.41. The minimum Gasteiger partial charge on any atom is -0.323 e. The number of nitrogens with two attached hydrogens (primary N) is 1. The Bertz CT molecular complexity index is 299. The van der Waals surface area contributed by atoms with Gasteiger partial charge in [-0.2, -0.15) is 11.3 Å². The van der Waals surface area contributed by atoms with Crippen molar-refractivity contribution in [1.82, 2.24) is 9.80 Å². The Morgan fingerprint density at radius 3 is 2.93 bits per heavy atom. The van der Waals surface area contributed by atoms with Crippen LogP contribution in [0.15, 0.2) is 16.8 Å². The van der Waals surface area contributed by atoms with E-state index in [1.54, 1.807) is 11.3 Å². The van der Waals surface area contributed by atoms with Crippen LogP contribution in [0.2, 0.25) is 0 Å². The molecule has 0 aliphatic carbocycles. The monoisotopic (exact) mass is 225 g/mol. The molecule has 0 radical (unpaired) electrons. The van der Waals surface area contributed by atoms with Gasteiger partial charge in [-0.1, -0.05) is 0 Å². The van der Waals surface area contributed by atoms with Gasteiger partial charge in [-0.25, -0.2) is 0 Å². The fraction of sp³-hybridized carbons (Fsp3) is 0.636. The highest BCUT2D eigenvalue weighted by atomic mass is 32.1. The largest absolute Gasteiger partial charge is 0.323 e. The van der Waals surface area contributed by atoms with Crippen LogP contribution in [0.25, 0.3) is 0 Å². The van der Waals surface area contributed by atoms with Crippen molar-refractivity contribution in [2.75, 3.05) is 33.7 Å². The molecule has 2 rings (SSSR count). The van der Waals surface area contributed by atoms with Gasteiger partial charge in [0.2, 0.25) is 0 Å². The predicted octanol–water partition coefficient (Wildman–Crippen LogP) is 0.994. The lowest BCUT2D eigenvalue weighted by atomic mass is 10.00. The van der Waals surface area contributed by atoms with Gasteiger partial charge in [-0.05, 0) is 36.5 Å². The Morgan fingerprint density at radius 2 is 2.27 bits per heavy atom. The molecule has 1 saturated heterocycles. The van der Waals surface area contributed by atoms with Gasteiger partial charge in [0.1, 0.15) is 0 Å². The smallest absolute Gasteiger partial charge is 0.0473 e. The van der Waals surface area contributed by atoms with Crippen LogP contribution in [0.1, 0.15) is 11.6 Å². The van der Waals surface area contributed by atoms with E-state index in [2.05, 4.69) is 40.7 Å². The summed E-state index contributed by atoms with van der Waals surface area (Å²) in [7, 11) is 4.34. The number of nitrogens with zero attached hydrogens (tertiary/aromatic N) is 2. The zero-order chi connectivity index (χ0) is 10.8. The summed E-state index contributed by atoms with van der Waals surface area (Å²) in [5, 5.41) is 4.26. The van der Waals surface area contributed by atoms with Gasteiger partial charge in [-0.3, -0.25) is 4.90 Å². The van der Waals surface area contributed by atoms with Crippen molar-refractivity contribution in [1.29, 1.82) is 0 Å². The van der Waals surface area contributed by atoms with Crippen LogP contribution in [-0.4, -0.2) is 49.6 Å². The highest BCUT2D eigenvalue weighted by Gasteiger charge is 2.28. The van der Waals surface area contributed by atoms with Crippen LogP contribution in [0.3, 0.4) is 0 Å². The molecule has 15 heavy (non-hydrogen) atoms. The third-order valence-corrected chi connectivity index (χ3v) is 3.94. The number of likely N-dealkylation sites (N-methyl/N-ethyl adjacent to an activating group) is 2. The number of hydrogen-bond donors (Lipinski definition) is 1. The first-order chi connectivity index (χ1) is 7.18. The van der Waals surface area contributed by atoms with Crippen LogP contribution < -0.4 is 5.73 Å². The highest BCUT2D eigenvalue weighted by Crippen LogP contribution is 2.22. The Morgan fingerprint density at radius 1 is 1.47 bits per heavy atom. The van der Waals surface area contributed by atoms with Gasteiger partial charge in [0.05, 0.1) is 0 Å². The van der Waals surface area contributed by atoms with E-state index in [0.29, 0.717) is 6.04 Å². The van der Waals surface area contributed by atoms with Crippen LogP contribution >= 0.6 is 11.3 Å². The maximum absolute atomic E-state index is 6.31. The Hall–Kier alpha value is -0.420. The van der Waals surface area contributed by atoms with Crippen molar-refractivity contribution >= 4 is 11.3 Å². The minimum absolute atomic E-state index is 0.143. The fourth-order valence-electron chi connectivity index (χ4n) is 2.12. The molecule has 0 amide bonds. The Labute approximate surface area is 95.5 Å². The maximum Gasteiger partial charge on any atom is 0.0473 e. The number of thiophene rings is 1. The summed E-state index contributed by atoms with van der Waals surface area (Å²) in [5.74, 6) is 0. The first-order valence-corrected chi connectivity index (χ1v) is 6.29. The molecule has 0 saturated carbocycles. The van der Waals surface area contributed by atoms with Gasteiger partial charge >= 0.3 is 0 Å². The Balaban J connectivity index is 2.08. The summed E-state index contributed by atoms with van der Waals surface area (Å²) in [4.78, 5) is 4.74. The van der Waals surface area contributed by atoms with Crippen LogP contribution in [0.5, 0.6) is 0 Å². The zero-order valence-electron chi connectivity index (χ0n) is 9.39. The number of rotatable bonds is 2. The first kappa shape index (κ1) is 11.1. The van der Waals surface area contributed by atoms with Gasteiger partial charge in [0, 0.05) is 31.7 Å². The van der Waals surface area contributed by atoms with E-state index < -0.39 is 0 Å². The standard InChI is InChI=1S/C11H19N3S/c1-13-4-5-14(2)10(7-13)11(12)9-3-6-15-8-9/h3,6,8,10-11H,4-5,7,12H2,1-2H3. The summed E-state index contributed by atoms with van der Waals surface area (Å²) in [6.45, 7) is 3.32. The quantitative estimate of drug-likeness (QED) is 0.815. The minimum atomic E-state index is 0.143. The molecule has 1 aliphatic heterocycles. The fourth-order valence-corrected chi connectivity index (χ4v) is 2.83. The molecule has 1 aromatic rings. The molecule has 2 N–H and O–H groups in total. The molecular weight excluding hydrogens is 206 g/mol. The van der Waals surface area contributed by atoms with Gasteiger partial charge in [0.15, 0.2) is 0 Å². The van der Waals surface area contributed by atoms with Gasteiger partial charge < -0.3 is 10.6 Å². The van der Waals surface area contributed by atoms with E-state index in [-0.39, 0.29) is 6.04 Å². The lowest BCUT2D eigenvalue weighted by molar-refractivity contribution is 0.0975. The molecule has 0 spiro atoms. The highest BCUT2D eigenvalue weighted by molar-refractivity contribution is 7.07. The average Bonchev–Trinajstić information content (AvgIpc) is 2.74. The normalized spacial score (nSPS) is 26.7. The number of hydrogen-bond acceptors (Lipinski definition) is 4. The van der Waals surface area contributed by atoms with Gasteiger partial charge in [0.25, 0.3) is 0 Å². The molecule has 2 heterocycles. The molecule has 1 fully saturated rings. The second-order valence-electron chi connectivity index (χ2n) is 4.39. The van der Waals surface area contributed by atoms with Crippen molar-refractivity contribution in [2.24, 2.45) is 5.73 Å². The summed E-state index contributed by atoms with van der Waals surface area (Å²) in [6.07, 6.45) is 0. The number of piperazine rings is 1. The third kappa shape index (κ3) is 2.39. The van der Waals surface area contributed by atoms with E-state index in [4.69, 9.17) is 5.73 Å². The van der Waals surface area contributed by atoms with E-state index in [1.165, 1.54) is 5.56 Å². The SMILES string of the molecule is CN1CCN(C)C(C(N)c2ccsc2)C1.